The highest BCUT2D eigenvalue weighted by Gasteiger charge is 2.30. The zero-order valence-corrected chi connectivity index (χ0v) is 14.7. The second-order valence-electron chi connectivity index (χ2n) is 7.83. The van der Waals surface area contributed by atoms with Gasteiger partial charge in [0.15, 0.2) is 0 Å². The van der Waals surface area contributed by atoms with E-state index in [-0.39, 0.29) is 6.03 Å². The number of likely N-dealkylation sites (tertiary alicyclic amines) is 2. The Kier molecular flexibility index (Phi) is 4.48. The van der Waals surface area contributed by atoms with Gasteiger partial charge >= 0.3 is 6.03 Å². The molecule has 1 saturated carbocycles. The predicted molar refractivity (Wildman–Crippen MR) is 94.0 cm³/mol. The van der Waals surface area contributed by atoms with E-state index in [0.717, 1.165) is 37.7 Å². The molecular weight excluding hydrogens is 302 g/mol. The van der Waals surface area contributed by atoms with Gasteiger partial charge in [-0.15, -0.1) is 0 Å². The highest BCUT2D eigenvalue weighted by Crippen LogP contribution is 2.39. The van der Waals surface area contributed by atoms with E-state index in [9.17, 15) is 4.79 Å². The molecule has 0 spiro atoms. The summed E-state index contributed by atoms with van der Waals surface area (Å²) in [6.45, 7) is 7.59. The lowest BCUT2D eigenvalue weighted by atomic mass is 10.1. The molecule has 0 aromatic carbocycles. The lowest BCUT2D eigenvalue weighted by molar-refractivity contribution is 0.217. The van der Waals surface area contributed by atoms with Crippen molar-refractivity contribution < 1.29 is 4.79 Å². The average molecular weight is 331 g/mol. The summed E-state index contributed by atoms with van der Waals surface area (Å²) < 4.78 is 1.99. The number of carbonyl (C=O) groups is 1. The SMILES string of the molecule is C[C@H](C1CC1)n1cc(NC(=O)N2CC[C@@H](CN3CCCC3)C2)cn1. The van der Waals surface area contributed by atoms with Crippen LogP contribution in [-0.4, -0.2) is 58.3 Å². The van der Waals surface area contributed by atoms with Crippen LogP contribution in [0.3, 0.4) is 0 Å². The van der Waals surface area contributed by atoms with Crippen LogP contribution in [0.4, 0.5) is 10.5 Å². The van der Waals surface area contributed by atoms with Crippen LogP contribution >= 0.6 is 0 Å². The predicted octanol–water partition coefficient (Wildman–Crippen LogP) is 2.80. The van der Waals surface area contributed by atoms with Gasteiger partial charge in [0.2, 0.25) is 0 Å². The average Bonchev–Trinajstić information content (AvgIpc) is 2.97. The number of aromatic nitrogens is 2. The molecule has 0 unspecified atom stereocenters. The van der Waals surface area contributed by atoms with Crippen LogP contribution < -0.4 is 5.32 Å². The molecule has 2 aliphatic heterocycles. The molecule has 3 heterocycles. The molecular formula is C18H29N5O. The third-order valence-corrected chi connectivity index (χ3v) is 5.86. The number of nitrogens with one attached hydrogen (secondary N) is 1. The van der Waals surface area contributed by atoms with Gasteiger partial charge in [0.25, 0.3) is 0 Å². The van der Waals surface area contributed by atoms with E-state index in [0.29, 0.717) is 12.0 Å². The summed E-state index contributed by atoms with van der Waals surface area (Å²) in [6, 6.07) is 0.463. The lowest BCUT2D eigenvalue weighted by Crippen LogP contribution is -2.34. The quantitative estimate of drug-likeness (QED) is 0.903. The van der Waals surface area contributed by atoms with E-state index in [4.69, 9.17) is 0 Å². The number of amides is 2. The van der Waals surface area contributed by atoms with Crippen molar-refractivity contribution in [2.45, 2.75) is 45.1 Å². The Morgan fingerprint density at radius 3 is 2.83 bits per heavy atom. The van der Waals surface area contributed by atoms with Gasteiger partial charge in [-0.2, -0.15) is 5.10 Å². The highest BCUT2D eigenvalue weighted by molar-refractivity contribution is 5.89. The van der Waals surface area contributed by atoms with Crippen LogP contribution in [0.1, 0.15) is 45.1 Å². The van der Waals surface area contributed by atoms with E-state index in [1.165, 1.54) is 38.8 Å². The maximum Gasteiger partial charge on any atom is 0.321 e. The molecule has 6 nitrogen and oxygen atoms in total. The zero-order chi connectivity index (χ0) is 16.5. The van der Waals surface area contributed by atoms with E-state index in [1.54, 1.807) is 6.20 Å². The Hall–Kier alpha value is -1.56. The summed E-state index contributed by atoms with van der Waals surface area (Å²) >= 11 is 0. The van der Waals surface area contributed by atoms with Crippen molar-refractivity contribution >= 4 is 11.7 Å². The summed E-state index contributed by atoms with van der Waals surface area (Å²) in [5, 5.41) is 7.44. The highest BCUT2D eigenvalue weighted by atomic mass is 16.2. The van der Waals surface area contributed by atoms with Gasteiger partial charge in [0.1, 0.15) is 0 Å². The normalized spacial score (nSPS) is 26.0. The number of carbonyl (C=O) groups excluding carboxylic acids is 1. The molecule has 4 rings (SSSR count). The molecule has 132 valence electrons. The van der Waals surface area contributed by atoms with E-state index >= 15 is 0 Å². The molecule has 3 aliphatic rings. The molecule has 1 aliphatic carbocycles. The minimum absolute atomic E-state index is 0.0255. The van der Waals surface area contributed by atoms with Gasteiger partial charge in [0.05, 0.1) is 17.9 Å². The van der Waals surface area contributed by atoms with Crippen molar-refractivity contribution in [1.82, 2.24) is 19.6 Å². The van der Waals surface area contributed by atoms with E-state index in [1.807, 2.05) is 15.8 Å². The largest absolute Gasteiger partial charge is 0.324 e. The number of hydrogen-bond donors (Lipinski definition) is 1. The molecule has 1 aromatic rings. The molecule has 2 atom stereocenters. The van der Waals surface area contributed by atoms with Crippen LogP contribution in [0.15, 0.2) is 12.4 Å². The van der Waals surface area contributed by atoms with Crippen LogP contribution in [0.5, 0.6) is 0 Å². The number of urea groups is 1. The molecule has 1 N–H and O–H groups in total. The summed E-state index contributed by atoms with van der Waals surface area (Å²) in [5.74, 6) is 1.39. The second kappa shape index (κ2) is 6.75. The molecule has 1 aromatic heterocycles. The molecule has 6 heteroatoms. The fourth-order valence-corrected chi connectivity index (χ4v) is 4.12. The Bertz CT molecular complexity index is 576. The molecule has 0 radical (unpaired) electrons. The monoisotopic (exact) mass is 331 g/mol. The minimum Gasteiger partial charge on any atom is -0.324 e. The van der Waals surface area contributed by atoms with Crippen LogP contribution in [0.25, 0.3) is 0 Å². The van der Waals surface area contributed by atoms with Crippen LogP contribution in [-0.2, 0) is 0 Å². The fraction of sp³-hybridized carbons (Fsp3) is 0.778. The fourth-order valence-electron chi connectivity index (χ4n) is 4.12. The van der Waals surface area contributed by atoms with Gasteiger partial charge in [-0.05, 0) is 64.0 Å². The Morgan fingerprint density at radius 2 is 2.08 bits per heavy atom. The van der Waals surface area contributed by atoms with Gasteiger partial charge in [-0.3, -0.25) is 4.68 Å². The standard InChI is InChI=1S/C18H29N5O/c1-14(16-4-5-16)23-13-17(10-19-23)20-18(24)22-9-6-15(12-22)11-21-7-2-3-8-21/h10,13-16H,2-9,11-12H2,1H3,(H,20,24)/t14-,15+/m1/s1. The first-order valence-electron chi connectivity index (χ1n) is 9.51. The van der Waals surface area contributed by atoms with Crippen molar-refractivity contribution in [3.05, 3.63) is 12.4 Å². The first kappa shape index (κ1) is 15.9. The molecule has 2 amide bonds. The first-order chi connectivity index (χ1) is 11.7. The van der Waals surface area contributed by atoms with Crippen LogP contribution in [0, 0.1) is 11.8 Å². The number of hydrogen-bond acceptors (Lipinski definition) is 3. The van der Waals surface area contributed by atoms with Crippen molar-refractivity contribution in [2.24, 2.45) is 11.8 Å². The first-order valence-corrected chi connectivity index (χ1v) is 9.51. The van der Waals surface area contributed by atoms with Gasteiger partial charge < -0.3 is 15.1 Å². The topological polar surface area (TPSA) is 53.4 Å². The van der Waals surface area contributed by atoms with Crippen molar-refractivity contribution in [2.75, 3.05) is 38.0 Å². The molecule has 0 bridgehead atoms. The molecule has 2 saturated heterocycles. The van der Waals surface area contributed by atoms with Crippen LogP contribution in [0.2, 0.25) is 0 Å². The smallest absolute Gasteiger partial charge is 0.321 e. The van der Waals surface area contributed by atoms with Crippen molar-refractivity contribution in [3.8, 4) is 0 Å². The zero-order valence-electron chi connectivity index (χ0n) is 14.7. The summed E-state index contributed by atoms with van der Waals surface area (Å²) in [4.78, 5) is 17.0. The molecule has 24 heavy (non-hydrogen) atoms. The Labute approximate surface area is 144 Å². The number of rotatable bonds is 5. The van der Waals surface area contributed by atoms with Gasteiger partial charge in [-0.25, -0.2) is 4.79 Å². The van der Waals surface area contributed by atoms with E-state index < -0.39 is 0 Å². The third kappa shape index (κ3) is 3.58. The van der Waals surface area contributed by atoms with E-state index in [2.05, 4.69) is 22.2 Å². The van der Waals surface area contributed by atoms with Crippen molar-refractivity contribution in [1.29, 1.82) is 0 Å². The minimum atomic E-state index is 0.0255. The Morgan fingerprint density at radius 1 is 1.29 bits per heavy atom. The maximum absolute atomic E-state index is 12.5. The Balaban J connectivity index is 1.27. The maximum atomic E-state index is 12.5. The van der Waals surface area contributed by atoms with Crippen molar-refractivity contribution in [3.63, 3.8) is 0 Å². The summed E-state index contributed by atoms with van der Waals surface area (Å²) in [6.07, 6.45) is 10.1. The number of anilines is 1. The van der Waals surface area contributed by atoms with Gasteiger partial charge in [-0.1, -0.05) is 0 Å². The second-order valence-corrected chi connectivity index (χ2v) is 7.83. The van der Waals surface area contributed by atoms with Gasteiger partial charge in [0, 0.05) is 25.8 Å². The number of nitrogens with zero attached hydrogens (tertiary/aromatic N) is 4. The third-order valence-electron chi connectivity index (χ3n) is 5.86. The lowest BCUT2D eigenvalue weighted by Gasteiger charge is -2.20. The molecule has 3 fully saturated rings. The summed E-state index contributed by atoms with van der Waals surface area (Å²) in [5.41, 5.74) is 0.815. The summed E-state index contributed by atoms with van der Waals surface area (Å²) in [7, 11) is 0.